The quantitative estimate of drug-likeness (QED) is 0.877. The number of aromatic nitrogens is 1. The number of hydrogen-bond acceptors (Lipinski definition) is 3. The van der Waals surface area contributed by atoms with Crippen molar-refractivity contribution in [3.05, 3.63) is 46.0 Å². The Morgan fingerprint density at radius 3 is 2.75 bits per heavy atom. The van der Waals surface area contributed by atoms with Crippen LogP contribution in [0.25, 0.3) is 0 Å². The molecule has 0 saturated heterocycles. The molecule has 0 atom stereocenters. The minimum Gasteiger partial charge on any atom is -0.365 e. The summed E-state index contributed by atoms with van der Waals surface area (Å²) >= 11 is 1.72. The molecule has 3 heteroatoms. The molecule has 0 aliphatic rings. The number of nitrogens with one attached hydrogen (secondary N) is 1. The van der Waals surface area contributed by atoms with Crippen LogP contribution in [-0.2, 0) is 6.42 Å². The van der Waals surface area contributed by atoms with Gasteiger partial charge in [-0.2, -0.15) is 0 Å². The summed E-state index contributed by atoms with van der Waals surface area (Å²) in [5.74, 6) is 0. The monoisotopic (exact) mass is 232 g/mol. The van der Waals surface area contributed by atoms with Crippen molar-refractivity contribution in [2.24, 2.45) is 0 Å². The molecule has 16 heavy (non-hydrogen) atoms. The molecule has 0 spiro atoms. The Bertz CT molecular complexity index is 488. The second-order valence-electron chi connectivity index (χ2n) is 3.94. The fourth-order valence-corrected chi connectivity index (χ4v) is 2.50. The predicted molar refractivity (Wildman–Crippen MR) is 70.4 cm³/mol. The Labute approximate surface area is 100 Å². The molecule has 0 aliphatic carbocycles. The zero-order chi connectivity index (χ0) is 11.5. The Kier molecular flexibility index (Phi) is 3.25. The molecule has 0 radical (unpaired) electrons. The predicted octanol–water partition coefficient (Wildman–Crippen LogP) is 3.39. The lowest BCUT2D eigenvalue weighted by atomic mass is 10.1. The molecule has 0 aliphatic heterocycles. The van der Waals surface area contributed by atoms with Gasteiger partial charge in [-0.1, -0.05) is 29.8 Å². The third kappa shape index (κ3) is 2.42. The van der Waals surface area contributed by atoms with Gasteiger partial charge in [0.1, 0.15) is 0 Å². The minimum absolute atomic E-state index is 0.922. The van der Waals surface area contributed by atoms with Crippen LogP contribution in [0.5, 0.6) is 0 Å². The number of benzene rings is 1. The summed E-state index contributed by atoms with van der Waals surface area (Å²) in [6, 6.07) is 8.60. The first kappa shape index (κ1) is 11.1. The van der Waals surface area contributed by atoms with Crippen molar-refractivity contribution in [2.75, 3.05) is 12.4 Å². The maximum absolute atomic E-state index is 4.56. The van der Waals surface area contributed by atoms with Crippen LogP contribution in [0.2, 0.25) is 0 Å². The summed E-state index contributed by atoms with van der Waals surface area (Å²) in [5, 5.41) is 4.09. The highest BCUT2D eigenvalue weighted by Gasteiger charge is 2.07. The maximum atomic E-state index is 4.56. The van der Waals surface area contributed by atoms with Crippen LogP contribution in [0, 0.1) is 13.8 Å². The van der Waals surface area contributed by atoms with Crippen molar-refractivity contribution >= 4 is 16.5 Å². The summed E-state index contributed by atoms with van der Waals surface area (Å²) in [6.45, 7) is 4.25. The van der Waals surface area contributed by atoms with Gasteiger partial charge in [0.2, 0.25) is 0 Å². The van der Waals surface area contributed by atoms with E-state index < -0.39 is 0 Å². The van der Waals surface area contributed by atoms with E-state index in [4.69, 9.17) is 0 Å². The normalized spacial score (nSPS) is 10.4. The Morgan fingerprint density at radius 2 is 2.12 bits per heavy atom. The maximum Gasteiger partial charge on any atom is 0.182 e. The van der Waals surface area contributed by atoms with Gasteiger partial charge in [-0.05, 0) is 19.4 Å². The summed E-state index contributed by atoms with van der Waals surface area (Å²) in [7, 11) is 1.91. The highest BCUT2D eigenvalue weighted by molar-refractivity contribution is 7.15. The fraction of sp³-hybridized carbons (Fsp3) is 0.308. The topological polar surface area (TPSA) is 24.9 Å². The number of rotatable bonds is 3. The lowest BCUT2D eigenvalue weighted by Gasteiger charge is -2.00. The second kappa shape index (κ2) is 4.66. The summed E-state index contributed by atoms with van der Waals surface area (Å²) in [4.78, 5) is 5.86. The minimum atomic E-state index is 0.922. The van der Waals surface area contributed by atoms with Crippen molar-refractivity contribution in [1.82, 2.24) is 4.98 Å². The Morgan fingerprint density at radius 1 is 1.31 bits per heavy atom. The molecule has 2 aromatic rings. The zero-order valence-corrected chi connectivity index (χ0v) is 10.7. The van der Waals surface area contributed by atoms with E-state index in [0.717, 1.165) is 11.6 Å². The third-order valence-electron chi connectivity index (χ3n) is 2.56. The molecule has 1 heterocycles. The van der Waals surface area contributed by atoms with Gasteiger partial charge in [-0.3, -0.25) is 0 Å². The largest absolute Gasteiger partial charge is 0.365 e. The molecular formula is C13H16N2S. The lowest BCUT2D eigenvalue weighted by molar-refractivity contribution is 1.08. The van der Waals surface area contributed by atoms with Gasteiger partial charge < -0.3 is 5.32 Å². The molecule has 1 N–H and O–H groups in total. The van der Waals surface area contributed by atoms with Crippen LogP contribution < -0.4 is 5.32 Å². The highest BCUT2D eigenvalue weighted by Crippen LogP contribution is 2.23. The Balaban J connectivity index is 2.23. The van der Waals surface area contributed by atoms with Crippen LogP contribution in [-0.4, -0.2) is 12.0 Å². The van der Waals surface area contributed by atoms with E-state index in [9.17, 15) is 0 Å². The zero-order valence-electron chi connectivity index (χ0n) is 9.87. The fourth-order valence-electron chi connectivity index (χ4n) is 1.71. The molecule has 0 saturated carbocycles. The van der Waals surface area contributed by atoms with E-state index in [2.05, 4.69) is 48.4 Å². The number of nitrogens with zero attached hydrogens (tertiary/aromatic N) is 1. The third-order valence-corrected chi connectivity index (χ3v) is 3.59. The number of thiazole rings is 1. The van der Waals surface area contributed by atoms with Crippen molar-refractivity contribution in [2.45, 2.75) is 20.3 Å². The van der Waals surface area contributed by atoms with E-state index in [-0.39, 0.29) is 0 Å². The summed E-state index contributed by atoms with van der Waals surface area (Å²) < 4.78 is 0. The van der Waals surface area contributed by atoms with Crippen LogP contribution in [0.1, 0.15) is 21.7 Å². The van der Waals surface area contributed by atoms with Crippen molar-refractivity contribution in [1.29, 1.82) is 0 Å². The number of hydrogen-bond donors (Lipinski definition) is 1. The molecule has 2 nitrogen and oxygen atoms in total. The average molecular weight is 232 g/mol. The molecule has 2 rings (SSSR count). The van der Waals surface area contributed by atoms with E-state index in [0.29, 0.717) is 0 Å². The second-order valence-corrected chi connectivity index (χ2v) is 5.14. The lowest BCUT2D eigenvalue weighted by Crippen LogP contribution is -1.92. The van der Waals surface area contributed by atoms with Crippen LogP contribution in [0.15, 0.2) is 24.3 Å². The molecule has 84 valence electrons. The summed E-state index contributed by atoms with van der Waals surface area (Å²) in [6.07, 6.45) is 0.922. The van der Waals surface area contributed by atoms with E-state index in [1.165, 1.54) is 21.7 Å². The molecule has 0 unspecified atom stereocenters. The number of anilines is 1. The van der Waals surface area contributed by atoms with Gasteiger partial charge in [0.05, 0.1) is 5.69 Å². The first-order chi connectivity index (χ1) is 7.69. The van der Waals surface area contributed by atoms with E-state index in [1.807, 2.05) is 7.05 Å². The van der Waals surface area contributed by atoms with Crippen LogP contribution >= 0.6 is 11.3 Å². The smallest absolute Gasteiger partial charge is 0.182 e. The van der Waals surface area contributed by atoms with Gasteiger partial charge >= 0.3 is 0 Å². The van der Waals surface area contributed by atoms with Crippen LogP contribution in [0.3, 0.4) is 0 Å². The molecular weight excluding hydrogens is 216 g/mol. The van der Waals surface area contributed by atoms with Gasteiger partial charge in [-0.15, -0.1) is 11.3 Å². The van der Waals surface area contributed by atoms with Crippen molar-refractivity contribution < 1.29 is 0 Å². The molecule has 0 bridgehead atoms. The first-order valence-electron chi connectivity index (χ1n) is 5.38. The SMILES string of the molecule is CNc1nc(Cc2cccc(C)c2)c(C)s1. The number of aryl methyl sites for hydroxylation is 2. The van der Waals surface area contributed by atoms with Gasteiger partial charge in [0.15, 0.2) is 5.13 Å². The van der Waals surface area contributed by atoms with Gasteiger partial charge in [0, 0.05) is 18.3 Å². The van der Waals surface area contributed by atoms with Crippen molar-refractivity contribution in [3.63, 3.8) is 0 Å². The summed E-state index contributed by atoms with van der Waals surface area (Å²) in [5.41, 5.74) is 3.82. The van der Waals surface area contributed by atoms with Gasteiger partial charge in [0.25, 0.3) is 0 Å². The van der Waals surface area contributed by atoms with Crippen LogP contribution in [0.4, 0.5) is 5.13 Å². The Hall–Kier alpha value is -1.35. The molecule has 0 fully saturated rings. The first-order valence-corrected chi connectivity index (χ1v) is 6.20. The highest BCUT2D eigenvalue weighted by atomic mass is 32.1. The molecule has 1 aromatic carbocycles. The standard InChI is InChI=1S/C13H16N2S/c1-9-5-4-6-11(7-9)8-12-10(2)16-13(14-3)15-12/h4-7H,8H2,1-3H3,(H,14,15). The van der Waals surface area contributed by atoms with E-state index >= 15 is 0 Å². The van der Waals surface area contributed by atoms with E-state index in [1.54, 1.807) is 11.3 Å². The average Bonchev–Trinajstić information content (AvgIpc) is 2.60. The van der Waals surface area contributed by atoms with Gasteiger partial charge in [-0.25, -0.2) is 4.98 Å². The van der Waals surface area contributed by atoms with Crippen molar-refractivity contribution in [3.8, 4) is 0 Å². The molecule has 1 aromatic heterocycles. The molecule has 0 amide bonds.